The van der Waals surface area contributed by atoms with Crippen LogP contribution in [0.4, 0.5) is 24.5 Å². The van der Waals surface area contributed by atoms with Gasteiger partial charge < -0.3 is 4.90 Å². The first-order valence-corrected chi connectivity index (χ1v) is 6.43. The van der Waals surface area contributed by atoms with Gasteiger partial charge in [-0.2, -0.15) is 13.2 Å². The van der Waals surface area contributed by atoms with Crippen LogP contribution in [0.25, 0.3) is 0 Å². The molecular formula is C12H12ClF3N2O2. The molecule has 0 atom stereocenters. The summed E-state index contributed by atoms with van der Waals surface area (Å²) < 4.78 is 37.8. The molecular weight excluding hydrogens is 297 g/mol. The zero-order chi connectivity index (χ0) is 14.9. The molecule has 0 saturated carbocycles. The quantitative estimate of drug-likeness (QED) is 0.612. The number of piperidine rings is 1. The van der Waals surface area contributed by atoms with Crippen LogP contribution in [0.5, 0.6) is 0 Å². The lowest BCUT2D eigenvalue weighted by Gasteiger charge is -2.34. The minimum Gasteiger partial charge on any atom is -0.366 e. The Bertz CT molecular complexity index is 514. The fourth-order valence-electron chi connectivity index (χ4n) is 2.39. The van der Waals surface area contributed by atoms with Crippen LogP contribution in [-0.4, -0.2) is 24.2 Å². The third-order valence-electron chi connectivity index (χ3n) is 3.45. The van der Waals surface area contributed by atoms with Crippen molar-refractivity contribution in [2.75, 3.05) is 18.0 Å². The molecule has 2 rings (SSSR count). The van der Waals surface area contributed by atoms with E-state index < -0.39 is 17.0 Å². The minimum absolute atomic E-state index is 0.00885. The number of alkyl halides is 3. The Hall–Kier alpha value is -1.50. The first-order valence-electron chi connectivity index (χ1n) is 6.05. The predicted octanol–water partition coefficient (Wildman–Crippen LogP) is 4.03. The van der Waals surface area contributed by atoms with Crippen molar-refractivity contribution in [3.05, 3.63) is 33.3 Å². The summed E-state index contributed by atoms with van der Waals surface area (Å²) in [5.74, 6) is -1.34. The Kier molecular flexibility index (Phi) is 4.08. The zero-order valence-corrected chi connectivity index (χ0v) is 11.1. The Balaban J connectivity index is 2.19. The van der Waals surface area contributed by atoms with Gasteiger partial charge in [0.25, 0.3) is 0 Å². The highest BCUT2D eigenvalue weighted by atomic mass is 35.5. The van der Waals surface area contributed by atoms with E-state index in [1.165, 1.54) is 12.1 Å². The largest absolute Gasteiger partial charge is 0.391 e. The van der Waals surface area contributed by atoms with E-state index in [1.807, 2.05) is 0 Å². The van der Waals surface area contributed by atoms with Gasteiger partial charge in [-0.05, 0) is 25.0 Å². The highest BCUT2D eigenvalue weighted by Gasteiger charge is 2.41. The van der Waals surface area contributed by atoms with Crippen molar-refractivity contribution in [2.24, 2.45) is 5.92 Å². The molecule has 0 spiro atoms. The van der Waals surface area contributed by atoms with Crippen LogP contribution in [0.3, 0.4) is 0 Å². The van der Waals surface area contributed by atoms with Crippen LogP contribution < -0.4 is 4.90 Å². The molecule has 0 unspecified atom stereocenters. The summed E-state index contributed by atoms with van der Waals surface area (Å²) in [5, 5.41) is 11.0. The van der Waals surface area contributed by atoms with Crippen molar-refractivity contribution >= 4 is 23.0 Å². The molecule has 4 nitrogen and oxygen atoms in total. The molecule has 0 N–H and O–H groups in total. The molecule has 1 aromatic carbocycles. The molecule has 0 aromatic heterocycles. The summed E-state index contributed by atoms with van der Waals surface area (Å²) in [6.45, 7) is 0.261. The van der Waals surface area contributed by atoms with E-state index in [1.54, 1.807) is 11.0 Å². The summed E-state index contributed by atoms with van der Waals surface area (Å²) in [6.07, 6.45) is -4.33. The molecule has 1 fully saturated rings. The second kappa shape index (κ2) is 5.47. The number of halogens is 4. The van der Waals surface area contributed by atoms with Crippen LogP contribution in [0.15, 0.2) is 18.2 Å². The van der Waals surface area contributed by atoms with Gasteiger partial charge in [0.1, 0.15) is 10.7 Å². The van der Waals surface area contributed by atoms with Crippen LogP contribution in [0.2, 0.25) is 5.02 Å². The molecule has 0 radical (unpaired) electrons. The summed E-state index contributed by atoms with van der Waals surface area (Å²) in [5.41, 5.74) is 0.0303. The van der Waals surface area contributed by atoms with Crippen molar-refractivity contribution in [1.29, 1.82) is 0 Å². The van der Waals surface area contributed by atoms with Crippen LogP contribution in [0.1, 0.15) is 12.8 Å². The van der Waals surface area contributed by atoms with E-state index in [0.29, 0.717) is 0 Å². The lowest BCUT2D eigenvalue weighted by molar-refractivity contribution is -0.384. The van der Waals surface area contributed by atoms with E-state index in [-0.39, 0.29) is 42.3 Å². The number of nitro benzene ring substituents is 1. The number of anilines is 1. The molecule has 1 aromatic rings. The maximum atomic E-state index is 12.6. The fourth-order valence-corrected chi connectivity index (χ4v) is 2.63. The van der Waals surface area contributed by atoms with Gasteiger partial charge in [-0.25, -0.2) is 0 Å². The summed E-state index contributed by atoms with van der Waals surface area (Å²) in [6, 6.07) is 4.46. The van der Waals surface area contributed by atoms with Crippen LogP contribution in [0, 0.1) is 16.0 Å². The third kappa shape index (κ3) is 2.98. The van der Waals surface area contributed by atoms with Crippen molar-refractivity contribution in [2.45, 2.75) is 19.0 Å². The number of benzene rings is 1. The number of nitro groups is 1. The molecule has 1 heterocycles. The average molecular weight is 309 g/mol. The van der Waals surface area contributed by atoms with Gasteiger partial charge in [-0.15, -0.1) is 0 Å². The van der Waals surface area contributed by atoms with E-state index >= 15 is 0 Å². The van der Waals surface area contributed by atoms with Crippen molar-refractivity contribution in [3.8, 4) is 0 Å². The molecule has 1 saturated heterocycles. The standard InChI is InChI=1S/C12H12ClF3N2O2/c13-9-2-1-3-10(11(9)18(19)20)17-6-4-8(5-7-17)12(14,15)16/h1-3,8H,4-7H2. The number of nitrogens with zero attached hydrogens (tertiary/aromatic N) is 2. The Labute approximate surface area is 118 Å². The Morgan fingerprint density at radius 3 is 2.40 bits per heavy atom. The topological polar surface area (TPSA) is 46.4 Å². The van der Waals surface area contributed by atoms with Gasteiger partial charge in [0.2, 0.25) is 0 Å². The van der Waals surface area contributed by atoms with Gasteiger partial charge in [-0.1, -0.05) is 17.7 Å². The normalized spacial score (nSPS) is 17.3. The van der Waals surface area contributed by atoms with E-state index in [9.17, 15) is 23.3 Å². The maximum absolute atomic E-state index is 12.6. The first-order chi connectivity index (χ1) is 9.30. The minimum atomic E-state index is -4.20. The monoisotopic (exact) mass is 308 g/mol. The second-order valence-electron chi connectivity index (χ2n) is 4.67. The summed E-state index contributed by atoms with van der Waals surface area (Å²) >= 11 is 5.80. The maximum Gasteiger partial charge on any atom is 0.391 e. The number of hydrogen-bond donors (Lipinski definition) is 0. The van der Waals surface area contributed by atoms with Gasteiger partial charge in [0.15, 0.2) is 0 Å². The third-order valence-corrected chi connectivity index (χ3v) is 3.75. The SMILES string of the molecule is O=[N+]([O-])c1c(Cl)cccc1N1CCC(C(F)(F)F)CC1. The Morgan fingerprint density at radius 2 is 1.90 bits per heavy atom. The van der Waals surface area contributed by atoms with Crippen LogP contribution in [-0.2, 0) is 0 Å². The molecule has 8 heteroatoms. The number of para-hydroxylation sites is 1. The lowest BCUT2D eigenvalue weighted by Crippen LogP contribution is -2.39. The molecule has 0 amide bonds. The van der Waals surface area contributed by atoms with E-state index in [2.05, 4.69) is 0 Å². The highest BCUT2D eigenvalue weighted by Crippen LogP contribution is 2.39. The van der Waals surface area contributed by atoms with Gasteiger partial charge in [0, 0.05) is 13.1 Å². The summed E-state index contributed by atoms with van der Waals surface area (Å²) in [7, 11) is 0. The Morgan fingerprint density at radius 1 is 1.30 bits per heavy atom. The van der Waals surface area contributed by atoms with Crippen molar-refractivity contribution in [1.82, 2.24) is 0 Å². The number of hydrogen-bond acceptors (Lipinski definition) is 3. The fraction of sp³-hybridized carbons (Fsp3) is 0.500. The van der Waals surface area contributed by atoms with Gasteiger partial charge in [-0.3, -0.25) is 10.1 Å². The molecule has 1 aliphatic rings. The molecule has 0 aliphatic carbocycles. The molecule has 20 heavy (non-hydrogen) atoms. The smallest absolute Gasteiger partial charge is 0.366 e. The van der Waals surface area contributed by atoms with Crippen molar-refractivity contribution < 1.29 is 18.1 Å². The number of rotatable bonds is 2. The van der Waals surface area contributed by atoms with Crippen LogP contribution >= 0.6 is 11.6 Å². The molecule has 1 aliphatic heterocycles. The first kappa shape index (κ1) is 14.9. The van der Waals surface area contributed by atoms with E-state index in [0.717, 1.165) is 0 Å². The molecule has 110 valence electrons. The zero-order valence-electron chi connectivity index (χ0n) is 10.4. The molecule has 0 bridgehead atoms. The highest BCUT2D eigenvalue weighted by molar-refractivity contribution is 6.33. The summed E-state index contributed by atoms with van der Waals surface area (Å²) in [4.78, 5) is 12.0. The average Bonchev–Trinajstić information content (AvgIpc) is 2.37. The van der Waals surface area contributed by atoms with E-state index in [4.69, 9.17) is 11.6 Å². The lowest BCUT2D eigenvalue weighted by atomic mass is 9.96. The predicted molar refractivity (Wildman–Crippen MR) is 69.1 cm³/mol. The van der Waals surface area contributed by atoms with Gasteiger partial charge in [0.05, 0.1) is 10.8 Å². The second-order valence-corrected chi connectivity index (χ2v) is 5.07. The van der Waals surface area contributed by atoms with Gasteiger partial charge >= 0.3 is 11.9 Å². The van der Waals surface area contributed by atoms with Crippen molar-refractivity contribution in [3.63, 3.8) is 0 Å².